The van der Waals surface area contributed by atoms with E-state index in [1.165, 1.54) is 5.56 Å². The third-order valence-electron chi connectivity index (χ3n) is 4.38. The topological polar surface area (TPSA) is 67.4 Å². The number of ketones is 1. The van der Waals surface area contributed by atoms with Gasteiger partial charge in [0.05, 0.1) is 7.11 Å². The first-order valence-electron chi connectivity index (χ1n) is 8.43. The number of carbonyl (C=O) groups excluding carboxylic acids is 2. The summed E-state index contributed by atoms with van der Waals surface area (Å²) < 4.78 is 5.33. The summed E-state index contributed by atoms with van der Waals surface area (Å²) in [7, 11) is 1.63. The molecule has 2 aromatic rings. The van der Waals surface area contributed by atoms with Gasteiger partial charge in [-0.25, -0.2) is 0 Å². The summed E-state index contributed by atoms with van der Waals surface area (Å²) in [5.41, 5.74) is 4.01. The maximum absolute atomic E-state index is 12.7. The number of benzene rings is 2. The van der Waals surface area contributed by atoms with Crippen molar-refractivity contribution in [3.8, 4) is 5.75 Å². The van der Waals surface area contributed by atoms with E-state index in [0.29, 0.717) is 17.7 Å². The molecule has 26 heavy (non-hydrogen) atoms. The average Bonchev–Trinajstić information content (AvgIpc) is 2.61. The number of anilines is 1. The molecule has 0 unspecified atom stereocenters. The molecule has 0 radical (unpaired) electrons. The molecule has 0 atom stereocenters. The Labute approximate surface area is 153 Å². The lowest BCUT2D eigenvalue weighted by Gasteiger charge is -2.35. The molecule has 1 amide bonds. The van der Waals surface area contributed by atoms with Gasteiger partial charge in [-0.3, -0.25) is 9.59 Å². The highest BCUT2D eigenvalue weighted by Crippen LogP contribution is 2.32. The Bertz CT molecular complexity index is 867. The fourth-order valence-corrected chi connectivity index (χ4v) is 3.17. The lowest BCUT2D eigenvalue weighted by molar-refractivity contribution is -0.105. The summed E-state index contributed by atoms with van der Waals surface area (Å²) in [6.07, 6.45) is 3.10. The molecule has 1 aliphatic rings. The van der Waals surface area contributed by atoms with Gasteiger partial charge in [-0.2, -0.15) is 0 Å². The molecule has 2 N–H and O–H groups in total. The van der Waals surface area contributed by atoms with Crippen LogP contribution in [0.4, 0.5) is 5.69 Å². The third-order valence-corrected chi connectivity index (χ3v) is 4.38. The normalized spacial score (nSPS) is 16.3. The molecule has 134 valence electrons. The van der Waals surface area contributed by atoms with E-state index >= 15 is 0 Å². The van der Waals surface area contributed by atoms with Crippen LogP contribution >= 0.6 is 0 Å². The van der Waals surface area contributed by atoms with Crippen molar-refractivity contribution in [2.45, 2.75) is 25.8 Å². The second-order valence-corrected chi connectivity index (χ2v) is 6.97. The van der Waals surface area contributed by atoms with Crippen LogP contribution in [0.25, 0.3) is 5.70 Å². The number of nitrogens with one attached hydrogen (secondary N) is 2. The number of amides is 1. The molecule has 5 nitrogen and oxygen atoms in total. The van der Waals surface area contributed by atoms with E-state index in [1.54, 1.807) is 37.5 Å². The fourth-order valence-electron chi connectivity index (χ4n) is 3.17. The molecule has 0 spiro atoms. The monoisotopic (exact) mass is 350 g/mol. The smallest absolute Gasteiger partial charge is 0.211 e. The maximum atomic E-state index is 12.7. The van der Waals surface area contributed by atoms with Crippen molar-refractivity contribution < 1.29 is 14.3 Å². The number of allylic oxidation sites excluding steroid dienone is 1. The quantitative estimate of drug-likeness (QED) is 0.493. The molecule has 1 aliphatic heterocycles. The van der Waals surface area contributed by atoms with Gasteiger partial charge in [-0.15, -0.1) is 0 Å². The van der Waals surface area contributed by atoms with Crippen LogP contribution in [0.15, 0.2) is 48.5 Å². The van der Waals surface area contributed by atoms with Gasteiger partial charge in [0.2, 0.25) is 6.41 Å². The van der Waals surface area contributed by atoms with Crippen LogP contribution in [0.1, 0.15) is 35.3 Å². The Morgan fingerprint density at radius 1 is 1.19 bits per heavy atom. The van der Waals surface area contributed by atoms with Crippen LogP contribution in [0.5, 0.6) is 5.75 Å². The molecule has 5 heteroatoms. The van der Waals surface area contributed by atoms with E-state index in [0.717, 1.165) is 23.4 Å². The van der Waals surface area contributed by atoms with E-state index < -0.39 is 0 Å². The van der Waals surface area contributed by atoms with Crippen LogP contribution in [-0.4, -0.2) is 24.8 Å². The number of hydrogen-bond donors (Lipinski definition) is 2. The first kappa shape index (κ1) is 17.7. The van der Waals surface area contributed by atoms with Gasteiger partial charge in [-0.05, 0) is 62.2 Å². The largest absolute Gasteiger partial charge is 0.497 e. The van der Waals surface area contributed by atoms with E-state index in [-0.39, 0.29) is 11.3 Å². The second kappa shape index (κ2) is 7.04. The molecule has 3 rings (SSSR count). The van der Waals surface area contributed by atoms with Crippen LogP contribution in [0.2, 0.25) is 0 Å². The molecule has 0 aliphatic carbocycles. The molecule has 0 fully saturated rings. The SMILES string of the molecule is COc1ccc2c(c1)/C(=C/C(=O)c1ccc(NC=O)cc1)NC(C)(C)C2. The summed E-state index contributed by atoms with van der Waals surface area (Å²) in [4.78, 5) is 23.2. The fraction of sp³-hybridized carbons (Fsp3) is 0.238. The van der Waals surface area contributed by atoms with Crippen LogP contribution in [-0.2, 0) is 11.2 Å². The molecule has 2 aromatic carbocycles. The maximum Gasteiger partial charge on any atom is 0.211 e. The van der Waals surface area contributed by atoms with Crippen molar-refractivity contribution >= 4 is 23.6 Å². The third kappa shape index (κ3) is 3.77. The highest BCUT2D eigenvalue weighted by Gasteiger charge is 2.28. The zero-order chi connectivity index (χ0) is 18.7. The van der Waals surface area contributed by atoms with Crippen molar-refractivity contribution in [3.63, 3.8) is 0 Å². The molecular weight excluding hydrogens is 328 g/mol. The second-order valence-electron chi connectivity index (χ2n) is 6.97. The number of carbonyl (C=O) groups is 2. The summed E-state index contributed by atoms with van der Waals surface area (Å²) >= 11 is 0. The number of rotatable bonds is 5. The molecule has 1 heterocycles. The summed E-state index contributed by atoms with van der Waals surface area (Å²) in [5, 5.41) is 6.02. The Morgan fingerprint density at radius 2 is 1.92 bits per heavy atom. The molecular formula is C21H22N2O3. The summed E-state index contributed by atoms with van der Waals surface area (Å²) in [6, 6.07) is 12.8. The average molecular weight is 350 g/mol. The summed E-state index contributed by atoms with van der Waals surface area (Å²) in [5.74, 6) is 0.657. The minimum atomic E-state index is -0.147. The lowest BCUT2D eigenvalue weighted by atomic mass is 9.85. The van der Waals surface area contributed by atoms with Gasteiger partial charge in [0, 0.05) is 34.1 Å². The van der Waals surface area contributed by atoms with Crippen molar-refractivity contribution in [1.29, 1.82) is 0 Å². The van der Waals surface area contributed by atoms with Gasteiger partial charge in [0.1, 0.15) is 5.75 Å². The Hall–Kier alpha value is -3.08. The standard InChI is InChI=1S/C21H22N2O3/c1-21(2)12-15-6-9-17(26-3)10-18(15)19(23-21)11-20(25)14-4-7-16(8-5-14)22-13-24/h4-11,13,23H,12H2,1-3H3,(H,22,24)/b19-11-. The minimum absolute atomic E-state index is 0.100. The van der Waals surface area contributed by atoms with Crippen LogP contribution in [0, 0.1) is 0 Å². The van der Waals surface area contributed by atoms with E-state index in [4.69, 9.17) is 4.74 Å². The molecule has 0 saturated heterocycles. The Kier molecular flexibility index (Phi) is 4.80. The highest BCUT2D eigenvalue weighted by molar-refractivity contribution is 6.08. The highest BCUT2D eigenvalue weighted by atomic mass is 16.5. The van der Waals surface area contributed by atoms with Crippen LogP contribution < -0.4 is 15.4 Å². The van der Waals surface area contributed by atoms with Crippen molar-refractivity contribution in [1.82, 2.24) is 5.32 Å². The van der Waals surface area contributed by atoms with Crippen LogP contribution in [0.3, 0.4) is 0 Å². The molecule has 0 aromatic heterocycles. The van der Waals surface area contributed by atoms with Gasteiger partial charge in [0.25, 0.3) is 0 Å². The number of ether oxygens (including phenoxy) is 1. The zero-order valence-corrected chi connectivity index (χ0v) is 15.1. The number of fused-ring (bicyclic) bond motifs is 1. The van der Waals surface area contributed by atoms with Crippen molar-refractivity contribution in [2.75, 3.05) is 12.4 Å². The predicted molar refractivity (Wildman–Crippen MR) is 102 cm³/mol. The Morgan fingerprint density at radius 3 is 2.58 bits per heavy atom. The zero-order valence-electron chi connectivity index (χ0n) is 15.1. The van der Waals surface area contributed by atoms with Gasteiger partial charge in [-0.1, -0.05) is 6.07 Å². The first-order chi connectivity index (χ1) is 12.4. The van der Waals surface area contributed by atoms with Gasteiger partial charge >= 0.3 is 0 Å². The van der Waals surface area contributed by atoms with E-state index in [1.807, 2.05) is 12.1 Å². The molecule has 0 bridgehead atoms. The number of hydrogen-bond acceptors (Lipinski definition) is 4. The lowest BCUT2D eigenvalue weighted by Crippen LogP contribution is -2.43. The van der Waals surface area contributed by atoms with Crippen molar-refractivity contribution in [3.05, 3.63) is 65.2 Å². The Balaban J connectivity index is 1.96. The first-order valence-corrected chi connectivity index (χ1v) is 8.43. The predicted octanol–water partition coefficient (Wildman–Crippen LogP) is 3.41. The van der Waals surface area contributed by atoms with Crippen molar-refractivity contribution in [2.24, 2.45) is 0 Å². The summed E-state index contributed by atoms with van der Waals surface area (Å²) in [6.45, 7) is 4.22. The van der Waals surface area contributed by atoms with Gasteiger partial charge in [0.15, 0.2) is 5.78 Å². The molecule has 0 saturated carbocycles. The van der Waals surface area contributed by atoms with E-state index in [9.17, 15) is 9.59 Å². The van der Waals surface area contributed by atoms with Gasteiger partial charge < -0.3 is 15.4 Å². The number of methoxy groups -OCH3 is 1. The van der Waals surface area contributed by atoms with E-state index in [2.05, 4.69) is 30.5 Å². The minimum Gasteiger partial charge on any atom is -0.497 e.